The molecule has 2 aromatic rings. The van der Waals surface area contributed by atoms with Gasteiger partial charge in [-0.1, -0.05) is 20.3 Å². The Labute approximate surface area is 130 Å². The molecule has 0 radical (unpaired) electrons. The van der Waals surface area contributed by atoms with Crippen LogP contribution in [0.25, 0.3) is 4.96 Å². The quantitative estimate of drug-likeness (QED) is 0.723. The Bertz CT molecular complexity index is 551. The summed E-state index contributed by atoms with van der Waals surface area (Å²) in [5.74, 6) is 1.76. The summed E-state index contributed by atoms with van der Waals surface area (Å²) in [6.45, 7) is 7.93. The largest absolute Gasteiger partial charge is 0.383 e. The van der Waals surface area contributed by atoms with E-state index in [9.17, 15) is 0 Å². The number of ether oxygens (including phenoxy) is 1. The first-order valence-corrected chi connectivity index (χ1v) is 8.40. The number of imidazole rings is 1. The molecule has 118 valence electrons. The molecule has 0 aromatic carbocycles. The number of anilines is 1. The third-order valence-electron chi connectivity index (χ3n) is 3.76. The fourth-order valence-corrected chi connectivity index (χ4v) is 3.08. The maximum atomic E-state index is 5.09. The third kappa shape index (κ3) is 3.96. The average Bonchev–Trinajstić information content (AvgIpc) is 3.05. The molecule has 0 saturated carbocycles. The number of nitrogens with one attached hydrogen (secondary N) is 1. The van der Waals surface area contributed by atoms with Crippen LogP contribution < -0.4 is 10.2 Å². The van der Waals surface area contributed by atoms with Crippen molar-refractivity contribution in [3.05, 3.63) is 17.3 Å². The van der Waals surface area contributed by atoms with Gasteiger partial charge in [0.25, 0.3) is 0 Å². The molecule has 1 unspecified atom stereocenters. The van der Waals surface area contributed by atoms with Crippen molar-refractivity contribution < 1.29 is 4.74 Å². The summed E-state index contributed by atoms with van der Waals surface area (Å²) >= 11 is 1.68. The van der Waals surface area contributed by atoms with E-state index in [4.69, 9.17) is 9.72 Å². The number of hydrogen-bond donors (Lipinski definition) is 1. The van der Waals surface area contributed by atoms with E-state index in [-0.39, 0.29) is 0 Å². The molecule has 0 saturated heterocycles. The van der Waals surface area contributed by atoms with E-state index in [1.165, 1.54) is 12.1 Å². The predicted octanol–water partition coefficient (Wildman–Crippen LogP) is 2.61. The second kappa shape index (κ2) is 7.77. The van der Waals surface area contributed by atoms with Crippen LogP contribution in [0.15, 0.2) is 11.6 Å². The van der Waals surface area contributed by atoms with Gasteiger partial charge in [0, 0.05) is 45.4 Å². The van der Waals surface area contributed by atoms with E-state index < -0.39 is 0 Å². The lowest BCUT2D eigenvalue weighted by molar-refractivity contribution is 0.199. The van der Waals surface area contributed by atoms with Gasteiger partial charge < -0.3 is 15.0 Å². The van der Waals surface area contributed by atoms with E-state index in [2.05, 4.69) is 47.1 Å². The maximum absolute atomic E-state index is 5.09. The lowest BCUT2D eigenvalue weighted by Gasteiger charge is -2.22. The first-order valence-electron chi connectivity index (χ1n) is 7.52. The molecule has 5 nitrogen and oxygen atoms in total. The molecule has 1 atom stereocenters. The highest BCUT2D eigenvalue weighted by molar-refractivity contribution is 7.15. The summed E-state index contributed by atoms with van der Waals surface area (Å²) < 4.78 is 7.27. The lowest BCUT2D eigenvalue weighted by atomic mass is 10.1. The van der Waals surface area contributed by atoms with Gasteiger partial charge >= 0.3 is 0 Å². The molecule has 21 heavy (non-hydrogen) atoms. The van der Waals surface area contributed by atoms with Crippen LogP contribution in [0.1, 0.15) is 26.0 Å². The summed E-state index contributed by atoms with van der Waals surface area (Å²) in [4.78, 5) is 8.13. The highest BCUT2D eigenvalue weighted by Gasteiger charge is 2.17. The fourth-order valence-electron chi connectivity index (χ4n) is 2.36. The van der Waals surface area contributed by atoms with E-state index in [0.717, 1.165) is 37.0 Å². The zero-order valence-corrected chi connectivity index (χ0v) is 14.2. The van der Waals surface area contributed by atoms with Crippen molar-refractivity contribution in [1.29, 1.82) is 0 Å². The Hall–Kier alpha value is -1.11. The first-order chi connectivity index (χ1) is 10.2. The Balaban J connectivity index is 2.15. The van der Waals surface area contributed by atoms with Gasteiger partial charge in [0.1, 0.15) is 0 Å². The zero-order valence-electron chi connectivity index (χ0n) is 13.4. The molecule has 1 N–H and O–H groups in total. The fraction of sp³-hybridized carbons (Fsp3) is 0.667. The number of hydrogen-bond acceptors (Lipinski definition) is 5. The van der Waals surface area contributed by atoms with Crippen LogP contribution >= 0.6 is 11.3 Å². The number of methoxy groups -OCH3 is 1. The van der Waals surface area contributed by atoms with E-state index >= 15 is 0 Å². The minimum Gasteiger partial charge on any atom is -0.383 e. The molecular formula is C15H26N4OS. The van der Waals surface area contributed by atoms with Crippen molar-refractivity contribution in [1.82, 2.24) is 14.7 Å². The highest BCUT2D eigenvalue weighted by Crippen LogP contribution is 2.24. The Morgan fingerprint density at radius 2 is 2.33 bits per heavy atom. The molecular weight excluding hydrogens is 284 g/mol. The number of thiazole rings is 1. The van der Waals surface area contributed by atoms with Gasteiger partial charge in [-0.15, -0.1) is 11.3 Å². The monoisotopic (exact) mass is 310 g/mol. The molecule has 2 rings (SSSR count). The molecule has 0 aliphatic rings. The van der Waals surface area contributed by atoms with Crippen LogP contribution in [-0.2, 0) is 11.3 Å². The number of rotatable bonds is 9. The number of nitrogens with zero attached hydrogens (tertiary/aromatic N) is 3. The molecule has 0 spiro atoms. The highest BCUT2D eigenvalue weighted by atomic mass is 32.1. The predicted molar refractivity (Wildman–Crippen MR) is 89.4 cm³/mol. The molecule has 6 heteroatoms. The standard InChI is InChI=1S/C15H26N4OS/c1-5-12(2)11-18(3)14-13(10-16-6-8-20-4)19-7-9-21-15(19)17-14/h7,9,12,16H,5-6,8,10-11H2,1-4H3. The van der Waals surface area contributed by atoms with Gasteiger partial charge in [-0.05, 0) is 5.92 Å². The number of fused-ring (bicyclic) bond motifs is 1. The van der Waals surface area contributed by atoms with Crippen molar-refractivity contribution in [3.63, 3.8) is 0 Å². The van der Waals surface area contributed by atoms with Crippen molar-refractivity contribution in [2.24, 2.45) is 5.92 Å². The summed E-state index contributed by atoms with van der Waals surface area (Å²) in [7, 11) is 3.86. The summed E-state index contributed by atoms with van der Waals surface area (Å²) in [6.07, 6.45) is 3.29. The second-order valence-electron chi connectivity index (χ2n) is 5.50. The van der Waals surface area contributed by atoms with E-state index in [0.29, 0.717) is 5.92 Å². The Morgan fingerprint density at radius 1 is 1.52 bits per heavy atom. The van der Waals surface area contributed by atoms with E-state index in [1.807, 2.05) is 0 Å². The minimum absolute atomic E-state index is 0.670. The molecule has 0 amide bonds. The maximum Gasteiger partial charge on any atom is 0.195 e. The third-order valence-corrected chi connectivity index (χ3v) is 4.52. The molecule has 0 aliphatic heterocycles. The summed E-state index contributed by atoms with van der Waals surface area (Å²) in [5.41, 5.74) is 1.23. The van der Waals surface area contributed by atoms with Gasteiger partial charge in [-0.25, -0.2) is 4.98 Å². The first kappa shape index (κ1) is 16.3. The van der Waals surface area contributed by atoms with Gasteiger partial charge in [0.2, 0.25) is 0 Å². The molecule has 2 heterocycles. The normalized spacial score (nSPS) is 13.0. The Kier molecular flexibility index (Phi) is 6.02. The van der Waals surface area contributed by atoms with Crippen molar-refractivity contribution in [2.45, 2.75) is 26.8 Å². The van der Waals surface area contributed by atoms with Crippen molar-refractivity contribution >= 4 is 22.1 Å². The summed E-state index contributed by atoms with van der Waals surface area (Å²) in [5, 5.41) is 5.51. The van der Waals surface area contributed by atoms with E-state index in [1.54, 1.807) is 18.4 Å². The van der Waals surface area contributed by atoms with Gasteiger partial charge in [0.05, 0.1) is 12.3 Å². The van der Waals surface area contributed by atoms with Gasteiger partial charge in [0.15, 0.2) is 10.8 Å². The average molecular weight is 310 g/mol. The SMILES string of the molecule is CCC(C)CN(C)c1nc2sccn2c1CNCCOC. The zero-order chi connectivity index (χ0) is 15.2. The van der Waals surface area contributed by atoms with Crippen molar-refractivity contribution in [3.8, 4) is 0 Å². The Morgan fingerprint density at radius 3 is 3.05 bits per heavy atom. The van der Waals surface area contributed by atoms with Crippen LogP contribution in [-0.4, -0.2) is 43.2 Å². The summed E-state index contributed by atoms with van der Waals surface area (Å²) in [6, 6.07) is 0. The molecule has 0 aliphatic carbocycles. The molecule has 2 aromatic heterocycles. The van der Waals surface area contributed by atoms with Crippen LogP contribution in [0.3, 0.4) is 0 Å². The number of aromatic nitrogens is 2. The van der Waals surface area contributed by atoms with Crippen LogP contribution in [0.2, 0.25) is 0 Å². The second-order valence-corrected chi connectivity index (χ2v) is 6.37. The molecule has 0 fully saturated rings. The molecule has 0 bridgehead atoms. The van der Waals surface area contributed by atoms with Gasteiger partial charge in [-0.2, -0.15) is 0 Å². The van der Waals surface area contributed by atoms with Crippen LogP contribution in [0, 0.1) is 5.92 Å². The smallest absolute Gasteiger partial charge is 0.195 e. The van der Waals surface area contributed by atoms with Crippen LogP contribution in [0.4, 0.5) is 5.82 Å². The topological polar surface area (TPSA) is 41.8 Å². The van der Waals surface area contributed by atoms with Crippen molar-refractivity contribution in [2.75, 3.05) is 38.8 Å². The minimum atomic E-state index is 0.670. The van der Waals surface area contributed by atoms with Crippen LogP contribution in [0.5, 0.6) is 0 Å². The van der Waals surface area contributed by atoms with Gasteiger partial charge in [-0.3, -0.25) is 4.40 Å². The lowest BCUT2D eigenvalue weighted by Crippen LogP contribution is -2.27.